The maximum atomic E-state index is 12.9. The fourth-order valence-electron chi connectivity index (χ4n) is 3.05. The van der Waals surface area contributed by atoms with Gasteiger partial charge < -0.3 is 5.32 Å². The van der Waals surface area contributed by atoms with Crippen LogP contribution in [-0.2, 0) is 0 Å². The van der Waals surface area contributed by atoms with Crippen molar-refractivity contribution in [3.63, 3.8) is 0 Å². The van der Waals surface area contributed by atoms with Crippen molar-refractivity contribution in [1.29, 1.82) is 0 Å². The van der Waals surface area contributed by atoms with Gasteiger partial charge in [0.25, 0.3) is 0 Å². The van der Waals surface area contributed by atoms with Crippen LogP contribution in [0.4, 0.5) is 5.69 Å². The Labute approximate surface area is 180 Å². The molecule has 0 saturated heterocycles. The van der Waals surface area contributed by atoms with Crippen LogP contribution in [0.25, 0.3) is 0 Å². The van der Waals surface area contributed by atoms with Crippen LogP contribution in [0.5, 0.6) is 0 Å². The Hall–Kier alpha value is -2.10. The standard InChI is InChI=1S/C24H23BrClNO/c1-16(2)17-3-5-18(6-4-17)23(27-22-13-9-20(25)10-14-22)15-24(28)19-7-11-21(26)12-8-19/h3-14,16,23,27H,15H2,1-2H3. The first-order valence-corrected chi connectivity index (χ1v) is 10.5. The van der Waals surface area contributed by atoms with Gasteiger partial charge in [-0.05, 0) is 65.6 Å². The molecule has 1 atom stereocenters. The van der Waals surface area contributed by atoms with Gasteiger partial charge in [0.05, 0.1) is 6.04 Å². The second kappa shape index (κ2) is 9.40. The van der Waals surface area contributed by atoms with E-state index in [2.05, 4.69) is 59.4 Å². The molecule has 0 bridgehead atoms. The van der Waals surface area contributed by atoms with Crippen LogP contribution >= 0.6 is 27.5 Å². The molecule has 2 nitrogen and oxygen atoms in total. The molecule has 1 N–H and O–H groups in total. The molecule has 3 aromatic carbocycles. The maximum absolute atomic E-state index is 12.9. The lowest BCUT2D eigenvalue weighted by molar-refractivity contribution is 0.0976. The highest BCUT2D eigenvalue weighted by Gasteiger charge is 2.18. The number of halogens is 2. The molecule has 3 rings (SSSR count). The van der Waals surface area contributed by atoms with Crippen molar-refractivity contribution in [3.8, 4) is 0 Å². The minimum atomic E-state index is -0.120. The number of benzene rings is 3. The van der Waals surface area contributed by atoms with Crippen LogP contribution < -0.4 is 5.32 Å². The van der Waals surface area contributed by atoms with Gasteiger partial charge in [0.1, 0.15) is 0 Å². The van der Waals surface area contributed by atoms with Crippen LogP contribution in [-0.4, -0.2) is 5.78 Å². The van der Waals surface area contributed by atoms with E-state index in [0.29, 0.717) is 22.9 Å². The zero-order valence-electron chi connectivity index (χ0n) is 16.0. The lowest BCUT2D eigenvalue weighted by atomic mass is 9.95. The third-order valence-corrected chi connectivity index (χ3v) is 5.53. The quantitative estimate of drug-likeness (QED) is 0.370. The van der Waals surface area contributed by atoms with E-state index in [0.717, 1.165) is 15.7 Å². The van der Waals surface area contributed by atoms with Gasteiger partial charge in [0.2, 0.25) is 0 Å². The number of hydrogen-bond donors (Lipinski definition) is 1. The summed E-state index contributed by atoms with van der Waals surface area (Å²) in [6.45, 7) is 4.35. The molecule has 0 aliphatic rings. The molecule has 0 aliphatic carbocycles. The lowest BCUT2D eigenvalue weighted by Crippen LogP contribution is -2.16. The fraction of sp³-hybridized carbons (Fsp3) is 0.208. The summed E-state index contributed by atoms with van der Waals surface area (Å²) in [5.41, 5.74) is 4.03. The number of nitrogens with one attached hydrogen (secondary N) is 1. The molecule has 144 valence electrons. The van der Waals surface area contributed by atoms with Gasteiger partial charge in [-0.15, -0.1) is 0 Å². The van der Waals surface area contributed by atoms with Crippen molar-refractivity contribution >= 4 is 39.0 Å². The van der Waals surface area contributed by atoms with E-state index >= 15 is 0 Å². The van der Waals surface area contributed by atoms with Crippen molar-refractivity contribution in [2.45, 2.75) is 32.2 Å². The molecular weight excluding hydrogens is 434 g/mol. The van der Waals surface area contributed by atoms with Gasteiger partial charge in [-0.1, -0.05) is 65.6 Å². The summed E-state index contributed by atoms with van der Waals surface area (Å²) in [5, 5.41) is 4.15. The minimum absolute atomic E-state index is 0.0826. The number of carbonyl (C=O) groups excluding carboxylic acids is 1. The number of ketones is 1. The lowest BCUT2D eigenvalue weighted by Gasteiger charge is -2.21. The second-order valence-electron chi connectivity index (χ2n) is 7.16. The summed E-state index contributed by atoms with van der Waals surface area (Å²) in [6.07, 6.45) is 0.360. The third-order valence-electron chi connectivity index (χ3n) is 4.75. The summed E-state index contributed by atoms with van der Waals surface area (Å²) in [4.78, 5) is 12.9. The van der Waals surface area contributed by atoms with Crippen LogP contribution in [0.2, 0.25) is 5.02 Å². The first-order valence-electron chi connectivity index (χ1n) is 9.33. The van der Waals surface area contributed by atoms with Crippen molar-refractivity contribution in [3.05, 3.63) is 99.0 Å². The summed E-state index contributed by atoms with van der Waals surface area (Å²) in [6, 6.07) is 23.4. The predicted molar refractivity (Wildman–Crippen MR) is 121 cm³/mol. The highest BCUT2D eigenvalue weighted by molar-refractivity contribution is 9.10. The Balaban J connectivity index is 1.85. The summed E-state index contributed by atoms with van der Waals surface area (Å²) >= 11 is 9.41. The number of rotatable bonds is 7. The van der Waals surface area contributed by atoms with Gasteiger partial charge in [0, 0.05) is 27.2 Å². The van der Waals surface area contributed by atoms with Gasteiger partial charge in [-0.2, -0.15) is 0 Å². The molecule has 0 aliphatic heterocycles. The first kappa shape index (κ1) is 20.6. The Morgan fingerprint density at radius 3 is 2.04 bits per heavy atom. The molecule has 3 aromatic rings. The molecule has 0 amide bonds. The number of Topliss-reactive ketones (excluding diaryl/α,β-unsaturated/α-hetero) is 1. The molecule has 1 unspecified atom stereocenters. The molecular formula is C24H23BrClNO. The van der Waals surface area contributed by atoms with E-state index < -0.39 is 0 Å². The summed E-state index contributed by atoms with van der Waals surface area (Å²) < 4.78 is 1.02. The molecule has 28 heavy (non-hydrogen) atoms. The summed E-state index contributed by atoms with van der Waals surface area (Å²) in [5.74, 6) is 0.557. The molecule has 4 heteroatoms. The van der Waals surface area contributed by atoms with E-state index in [1.165, 1.54) is 5.56 Å². The predicted octanol–water partition coefficient (Wildman–Crippen LogP) is 7.65. The van der Waals surface area contributed by atoms with Crippen LogP contribution in [0, 0.1) is 0 Å². The third kappa shape index (κ3) is 5.46. The Morgan fingerprint density at radius 1 is 0.893 bits per heavy atom. The smallest absolute Gasteiger partial charge is 0.165 e. The largest absolute Gasteiger partial charge is 0.378 e. The number of hydrogen-bond acceptors (Lipinski definition) is 2. The van der Waals surface area contributed by atoms with E-state index in [9.17, 15) is 4.79 Å². The number of anilines is 1. The van der Waals surface area contributed by atoms with Crippen LogP contribution in [0.1, 0.15) is 53.7 Å². The molecule has 0 aromatic heterocycles. The normalized spacial score (nSPS) is 12.0. The maximum Gasteiger partial charge on any atom is 0.165 e. The Kier molecular flexibility index (Phi) is 6.93. The molecule has 0 heterocycles. The monoisotopic (exact) mass is 455 g/mol. The molecule has 0 spiro atoms. The zero-order chi connectivity index (χ0) is 20.1. The average Bonchev–Trinajstić information content (AvgIpc) is 2.69. The fourth-order valence-corrected chi connectivity index (χ4v) is 3.44. The van der Waals surface area contributed by atoms with Gasteiger partial charge in [-0.3, -0.25) is 4.79 Å². The van der Waals surface area contributed by atoms with E-state index in [-0.39, 0.29) is 11.8 Å². The Morgan fingerprint density at radius 2 is 1.46 bits per heavy atom. The highest BCUT2D eigenvalue weighted by Crippen LogP contribution is 2.27. The minimum Gasteiger partial charge on any atom is -0.378 e. The van der Waals surface area contributed by atoms with Crippen molar-refractivity contribution in [2.75, 3.05) is 5.32 Å². The number of carbonyl (C=O) groups is 1. The van der Waals surface area contributed by atoms with Gasteiger partial charge in [-0.25, -0.2) is 0 Å². The average molecular weight is 457 g/mol. The summed E-state index contributed by atoms with van der Waals surface area (Å²) in [7, 11) is 0. The molecule has 0 fully saturated rings. The van der Waals surface area contributed by atoms with Crippen LogP contribution in [0.15, 0.2) is 77.3 Å². The first-order chi connectivity index (χ1) is 13.4. The van der Waals surface area contributed by atoms with Crippen molar-refractivity contribution in [1.82, 2.24) is 0 Å². The van der Waals surface area contributed by atoms with E-state index in [1.54, 1.807) is 24.3 Å². The SMILES string of the molecule is CC(C)c1ccc(C(CC(=O)c2ccc(Cl)cc2)Nc2ccc(Br)cc2)cc1. The second-order valence-corrected chi connectivity index (χ2v) is 8.51. The van der Waals surface area contributed by atoms with Gasteiger partial charge in [0.15, 0.2) is 5.78 Å². The zero-order valence-corrected chi connectivity index (χ0v) is 18.3. The Bertz CT molecular complexity index is 918. The van der Waals surface area contributed by atoms with Crippen LogP contribution in [0.3, 0.4) is 0 Å². The van der Waals surface area contributed by atoms with E-state index in [1.807, 2.05) is 24.3 Å². The van der Waals surface area contributed by atoms with Crippen molar-refractivity contribution < 1.29 is 4.79 Å². The van der Waals surface area contributed by atoms with Crippen molar-refractivity contribution in [2.24, 2.45) is 0 Å². The molecule has 0 saturated carbocycles. The highest BCUT2D eigenvalue weighted by atomic mass is 79.9. The topological polar surface area (TPSA) is 29.1 Å². The van der Waals surface area contributed by atoms with E-state index in [4.69, 9.17) is 11.6 Å². The van der Waals surface area contributed by atoms with Gasteiger partial charge >= 0.3 is 0 Å². The molecule has 0 radical (unpaired) electrons.